The summed E-state index contributed by atoms with van der Waals surface area (Å²) in [4.78, 5) is 2.37. The summed E-state index contributed by atoms with van der Waals surface area (Å²) in [7, 11) is 0. The van der Waals surface area contributed by atoms with Gasteiger partial charge in [0, 0.05) is 36.9 Å². The highest BCUT2D eigenvalue weighted by Gasteiger charge is 2.36. The molecule has 1 heterocycles. The molecule has 1 saturated heterocycles. The van der Waals surface area contributed by atoms with Gasteiger partial charge in [-0.05, 0) is 44.2 Å². The Hall–Kier alpha value is -1.29. The highest BCUT2D eigenvalue weighted by atomic mass is 19.1. The lowest BCUT2D eigenvalue weighted by Gasteiger charge is -2.42. The first-order chi connectivity index (χ1) is 10.2. The van der Waals surface area contributed by atoms with E-state index in [0.717, 1.165) is 31.1 Å². The average Bonchev–Trinajstić information content (AvgIpc) is 3.33. The molecule has 21 heavy (non-hydrogen) atoms. The van der Waals surface area contributed by atoms with Crippen molar-refractivity contribution in [2.45, 2.75) is 45.2 Å². The van der Waals surface area contributed by atoms with Gasteiger partial charge < -0.3 is 15.0 Å². The number of hydrogen-bond donors (Lipinski definition) is 1. The molecule has 1 aromatic carbocycles. The van der Waals surface area contributed by atoms with Crippen LogP contribution in [0.3, 0.4) is 0 Å². The molecule has 116 valence electrons. The summed E-state index contributed by atoms with van der Waals surface area (Å²) in [6, 6.07) is 6.38. The molecule has 1 aliphatic heterocycles. The molecular formula is C17H25FN2O. The number of halogens is 1. The molecule has 1 N–H and O–H groups in total. The van der Waals surface area contributed by atoms with Crippen LogP contribution in [-0.2, 0) is 0 Å². The molecule has 2 aliphatic rings. The van der Waals surface area contributed by atoms with E-state index in [1.54, 1.807) is 12.1 Å². The van der Waals surface area contributed by atoms with Crippen LogP contribution in [0.1, 0.15) is 33.1 Å². The first-order valence-electron chi connectivity index (χ1n) is 8.15. The molecule has 2 fully saturated rings. The topological polar surface area (TPSA) is 24.5 Å². The number of anilines is 1. The van der Waals surface area contributed by atoms with Crippen molar-refractivity contribution in [3.8, 4) is 5.75 Å². The predicted octanol–water partition coefficient (Wildman–Crippen LogP) is 3.19. The van der Waals surface area contributed by atoms with Crippen LogP contribution in [0.4, 0.5) is 10.1 Å². The van der Waals surface area contributed by atoms with Crippen molar-refractivity contribution in [3.63, 3.8) is 0 Å². The molecule has 0 amide bonds. The van der Waals surface area contributed by atoms with E-state index in [9.17, 15) is 4.39 Å². The van der Waals surface area contributed by atoms with Crippen molar-refractivity contribution < 1.29 is 9.13 Å². The maximum absolute atomic E-state index is 14.1. The number of rotatable bonds is 5. The number of nitrogens with zero attached hydrogens (tertiary/aromatic N) is 1. The second-order valence-electron chi connectivity index (χ2n) is 6.11. The normalized spacial score (nSPS) is 26.0. The zero-order valence-corrected chi connectivity index (χ0v) is 12.9. The van der Waals surface area contributed by atoms with Crippen molar-refractivity contribution >= 4 is 5.69 Å². The molecule has 2 atom stereocenters. The Bertz CT molecular complexity index is 490. The largest absolute Gasteiger partial charge is 0.491 e. The molecule has 3 nitrogen and oxygen atoms in total. The SMILES string of the molecule is CCOc1ccc(N2CC(C3CC3)NCC2CC)cc1F. The van der Waals surface area contributed by atoms with E-state index in [2.05, 4.69) is 17.1 Å². The van der Waals surface area contributed by atoms with Crippen molar-refractivity contribution in [1.82, 2.24) is 5.32 Å². The molecule has 1 aromatic rings. The summed E-state index contributed by atoms with van der Waals surface area (Å²) in [6.07, 6.45) is 3.74. The Kier molecular flexibility index (Phi) is 4.34. The molecule has 2 unspecified atom stereocenters. The summed E-state index contributed by atoms with van der Waals surface area (Å²) < 4.78 is 19.4. The van der Waals surface area contributed by atoms with Gasteiger partial charge in [0.15, 0.2) is 11.6 Å². The fourth-order valence-corrected chi connectivity index (χ4v) is 3.26. The Morgan fingerprint density at radius 2 is 2.14 bits per heavy atom. The van der Waals surface area contributed by atoms with Crippen molar-refractivity contribution in [2.75, 3.05) is 24.6 Å². The molecule has 0 aromatic heterocycles. The minimum absolute atomic E-state index is 0.259. The smallest absolute Gasteiger partial charge is 0.167 e. The molecule has 3 rings (SSSR count). The Morgan fingerprint density at radius 1 is 1.33 bits per heavy atom. The quantitative estimate of drug-likeness (QED) is 0.902. The molecule has 1 saturated carbocycles. The Morgan fingerprint density at radius 3 is 2.76 bits per heavy atom. The molecule has 0 radical (unpaired) electrons. The predicted molar refractivity (Wildman–Crippen MR) is 83.5 cm³/mol. The van der Waals surface area contributed by atoms with Gasteiger partial charge in [0.2, 0.25) is 0 Å². The summed E-state index contributed by atoms with van der Waals surface area (Å²) in [6.45, 7) is 6.53. The minimum Gasteiger partial charge on any atom is -0.491 e. The van der Waals surface area contributed by atoms with E-state index < -0.39 is 0 Å². The van der Waals surface area contributed by atoms with E-state index in [0.29, 0.717) is 24.4 Å². The number of ether oxygens (including phenoxy) is 1. The number of nitrogens with one attached hydrogen (secondary N) is 1. The second-order valence-corrected chi connectivity index (χ2v) is 6.11. The maximum Gasteiger partial charge on any atom is 0.167 e. The van der Waals surface area contributed by atoms with Crippen LogP contribution < -0.4 is 15.0 Å². The number of hydrogen-bond acceptors (Lipinski definition) is 3. The van der Waals surface area contributed by atoms with E-state index in [1.807, 2.05) is 13.0 Å². The standard InChI is InChI=1S/C17H25FN2O/c1-3-13-10-19-16(12-5-6-12)11-20(13)14-7-8-17(21-4-2)15(18)9-14/h7-9,12-13,16,19H,3-6,10-11H2,1-2H3. The van der Waals surface area contributed by atoms with E-state index >= 15 is 0 Å². The third-order valence-corrected chi connectivity index (χ3v) is 4.66. The Labute approximate surface area is 126 Å². The van der Waals surface area contributed by atoms with Crippen LogP contribution in [0.25, 0.3) is 0 Å². The zero-order chi connectivity index (χ0) is 14.8. The monoisotopic (exact) mass is 292 g/mol. The number of benzene rings is 1. The molecule has 0 spiro atoms. The van der Waals surface area contributed by atoms with Gasteiger partial charge >= 0.3 is 0 Å². The van der Waals surface area contributed by atoms with Gasteiger partial charge in [-0.25, -0.2) is 4.39 Å². The summed E-state index contributed by atoms with van der Waals surface area (Å²) in [5.74, 6) is 0.909. The molecule has 1 aliphatic carbocycles. The fraction of sp³-hybridized carbons (Fsp3) is 0.647. The lowest BCUT2D eigenvalue weighted by atomic mass is 10.0. The number of piperazine rings is 1. The van der Waals surface area contributed by atoms with Crippen LogP contribution in [0, 0.1) is 11.7 Å². The van der Waals surface area contributed by atoms with Crippen LogP contribution in [-0.4, -0.2) is 31.8 Å². The molecule has 4 heteroatoms. The van der Waals surface area contributed by atoms with E-state index in [-0.39, 0.29) is 5.82 Å². The lowest BCUT2D eigenvalue weighted by molar-refractivity contribution is 0.321. The first-order valence-corrected chi connectivity index (χ1v) is 8.15. The third-order valence-electron chi connectivity index (χ3n) is 4.66. The van der Waals surface area contributed by atoms with Crippen LogP contribution in [0.5, 0.6) is 5.75 Å². The van der Waals surface area contributed by atoms with Crippen molar-refractivity contribution in [1.29, 1.82) is 0 Å². The van der Waals surface area contributed by atoms with Gasteiger partial charge in [-0.1, -0.05) is 6.92 Å². The van der Waals surface area contributed by atoms with Gasteiger partial charge in [0.1, 0.15) is 0 Å². The second kappa shape index (κ2) is 6.22. The van der Waals surface area contributed by atoms with Crippen molar-refractivity contribution in [3.05, 3.63) is 24.0 Å². The van der Waals surface area contributed by atoms with Crippen LogP contribution in [0.15, 0.2) is 18.2 Å². The Balaban J connectivity index is 1.79. The van der Waals surface area contributed by atoms with Crippen LogP contribution >= 0.6 is 0 Å². The van der Waals surface area contributed by atoms with Gasteiger partial charge in [-0.3, -0.25) is 0 Å². The van der Waals surface area contributed by atoms with E-state index in [1.165, 1.54) is 12.8 Å². The minimum atomic E-state index is -0.259. The molecular weight excluding hydrogens is 267 g/mol. The zero-order valence-electron chi connectivity index (χ0n) is 12.9. The highest BCUT2D eigenvalue weighted by molar-refractivity contribution is 5.51. The average molecular weight is 292 g/mol. The van der Waals surface area contributed by atoms with Crippen LogP contribution in [0.2, 0.25) is 0 Å². The van der Waals surface area contributed by atoms with Gasteiger partial charge in [0.25, 0.3) is 0 Å². The third kappa shape index (κ3) is 3.15. The van der Waals surface area contributed by atoms with Gasteiger partial charge in [0.05, 0.1) is 6.61 Å². The highest BCUT2D eigenvalue weighted by Crippen LogP contribution is 2.36. The summed E-state index contributed by atoms with van der Waals surface area (Å²) >= 11 is 0. The van der Waals surface area contributed by atoms with E-state index in [4.69, 9.17) is 4.74 Å². The van der Waals surface area contributed by atoms with Gasteiger partial charge in [-0.15, -0.1) is 0 Å². The summed E-state index contributed by atoms with van der Waals surface area (Å²) in [5, 5.41) is 3.67. The first kappa shape index (κ1) is 14.6. The maximum atomic E-state index is 14.1. The summed E-state index contributed by atoms with van der Waals surface area (Å²) in [5.41, 5.74) is 0.981. The van der Waals surface area contributed by atoms with Crippen molar-refractivity contribution in [2.24, 2.45) is 5.92 Å². The lowest BCUT2D eigenvalue weighted by Crippen LogP contribution is -2.57. The molecule has 0 bridgehead atoms. The van der Waals surface area contributed by atoms with Gasteiger partial charge in [-0.2, -0.15) is 0 Å². The fourth-order valence-electron chi connectivity index (χ4n) is 3.26.